The summed E-state index contributed by atoms with van der Waals surface area (Å²) in [5, 5.41) is 3.52. The summed E-state index contributed by atoms with van der Waals surface area (Å²) < 4.78 is 5.22. The summed E-state index contributed by atoms with van der Waals surface area (Å²) in [6.45, 7) is 10.0. The molecule has 1 aliphatic rings. The first-order chi connectivity index (χ1) is 10.9. The molecule has 1 fully saturated rings. The van der Waals surface area contributed by atoms with Gasteiger partial charge in [-0.2, -0.15) is 0 Å². The van der Waals surface area contributed by atoms with Gasteiger partial charge >= 0.3 is 0 Å². The van der Waals surface area contributed by atoms with Crippen LogP contribution in [0.1, 0.15) is 45.1 Å². The monoisotopic (exact) mass is 317 g/mol. The van der Waals surface area contributed by atoms with Gasteiger partial charge in [0.2, 0.25) is 0 Å². The summed E-state index contributed by atoms with van der Waals surface area (Å²) in [5.74, 6) is 2.47. The number of hydrogen-bond acceptors (Lipinski definition) is 2. The van der Waals surface area contributed by atoms with Crippen LogP contribution in [0.5, 0.6) is 5.75 Å². The topological polar surface area (TPSA) is 36.9 Å². The Morgan fingerprint density at radius 2 is 2.04 bits per heavy atom. The molecule has 0 aliphatic carbocycles. The van der Waals surface area contributed by atoms with E-state index >= 15 is 0 Å². The molecule has 23 heavy (non-hydrogen) atoms. The number of nitrogens with one attached hydrogen (secondary N) is 1. The Labute approximate surface area is 140 Å². The van der Waals surface area contributed by atoms with Gasteiger partial charge < -0.3 is 15.0 Å². The second kappa shape index (κ2) is 7.71. The third-order valence-electron chi connectivity index (χ3n) is 4.73. The number of benzene rings is 1. The molecule has 1 N–H and O–H groups in total. The van der Waals surface area contributed by atoms with E-state index in [-0.39, 0.29) is 0 Å². The van der Waals surface area contributed by atoms with E-state index < -0.39 is 0 Å². The van der Waals surface area contributed by atoms with Gasteiger partial charge in [0, 0.05) is 26.7 Å². The van der Waals surface area contributed by atoms with Gasteiger partial charge in [-0.05, 0) is 41.9 Å². The fraction of sp³-hybridized carbons (Fsp3) is 0.632. The van der Waals surface area contributed by atoms with E-state index in [0.717, 1.165) is 37.8 Å². The minimum absolute atomic E-state index is 0.397. The zero-order valence-corrected chi connectivity index (χ0v) is 15.2. The summed E-state index contributed by atoms with van der Waals surface area (Å²) in [6, 6.07) is 8.37. The van der Waals surface area contributed by atoms with Gasteiger partial charge in [-0.15, -0.1) is 0 Å². The van der Waals surface area contributed by atoms with Crippen LogP contribution < -0.4 is 10.1 Å². The summed E-state index contributed by atoms with van der Waals surface area (Å²) >= 11 is 0. The molecule has 1 aliphatic heterocycles. The van der Waals surface area contributed by atoms with E-state index in [9.17, 15) is 0 Å². The molecule has 0 aromatic heterocycles. The average molecular weight is 317 g/mol. The van der Waals surface area contributed by atoms with Crippen molar-refractivity contribution in [3.8, 4) is 5.75 Å². The number of rotatable bonds is 5. The van der Waals surface area contributed by atoms with Crippen molar-refractivity contribution in [2.45, 2.75) is 39.5 Å². The van der Waals surface area contributed by atoms with Crippen molar-refractivity contribution in [2.75, 3.05) is 33.8 Å². The van der Waals surface area contributed by atoms with Gasteiger partial charge in [0.1, 0.15) is 5.75 Å². The fourth-order valence-corrected chi connectivity index (χ4v) is 3.13. The van der Waals surface area contributed by atoms with Crippen molar-refractivity contribution in [1.29, 1.82) is 0 Å². The lowest BCUT2D eigenvalue weighted by Crippen LogP contribution is -2.41. The number of likely N-dealkylation sites (tertiary alicyclic amines) is 1. The van der Waals surface area contributed by atoms with E-state index in [1.165, 1.54) is 12.0 Å². The highest BCUT2D eigenvalue weighted by molar-refractivity contribution is 5.80. The zero-order chi connectivity index (χ0) is 16.9. The SMILES string of the molecule is CN=C(NCCC(C)c1ccc(OC)cc1)N1CCC(C)(C)C1. The third kappa shape index (κ3) is 4.88. The number of hydrogen-bond donors (Lipinski definition) is 1. The predicted octanol–water partition coefficient (Wildman–Crippen LogP) is 3.50. The highest BCUT2D eigenvalue weighted by Crippen LogP contribution is 2.28. The number of nitrogens with zero attached hydrogens (tertiary/aromatic N) is 2. The normalized spacial score (nSPS) is 18.8. The van der Waals surface area contributed by atoms with Crippen LogP contribution in [0.2, 0.25) is 0 Å². The van der Waals surface area contributed by atoms with Crippen LogP contribution in [0.25, 0.3) is 0 Å². The fourth-order valence-electron chi connectivity index (χ4n) is 3.13. The van der Waals surface area contributed by atoms with Gasteiger partial charge in [0.05, 0.1) is 7.11 Å². The summed E-state index contributed by atoms with van der Waals surface area (Å²) in [6.07, 6.45) is 2.32. The molecule has 4 heteroatoms. The van der Waals surface area contributed by atoms with Gasteiger partial charge in [-0.3, -0.25) is 4.99 Å². The van der Waals surface area contributed by atoms with Crippen molar-refractivity contribution in [2.24, 2.45) is 10.4 Å². The lowest BCUT2D eigenvalue weighted by Gasteiger charge is -2.24. The van der Waals surface area contributed by atoms with Crippen molar-refractivity contribution in [3.05, 3.63) is 29.8 Å². The average Bonchev–Trinajstić information content (AvgIpc) is 2.91. The minimum Gasteiger partial charge on any atom is -0.497 e. The van der Waals surface area contributed by atoms with Crippen LogP contribution in [-0.4, -0.2) is 44.7 Å². The maximum absolute atomic E-state index is 5.22. The van der Waals surface area contributed by atoms with Crippen LogP contribution in [0.15, 0.2) is 29.3 Å². The number of methoxy groups -OCH3 is 1. The molecule has 1 aromatic carbocycles. The summed E-state index contributed by atoms with van der Waals surface area (Å²) in [7, 11) is 3.58. The molecule has 1 aromatic rings. The Bertz CT molecular complexity index is 522. The predicted molar refractivity (Wildman–Crippen MR) is 97.4 cm³/mol. The maximum Gasteiger partial charge on any atom is 0.193 e. The molecular formula is C19H31N3O. The third-order valence-corrected chi connectivity index (χ3v) is 4.73. The molecule has 1 unspecified atom stereocenters. The van der Waals surface area contributed by atoms with Crippen LogP contribution in [0, 0.1) is 5.41 Å². The Kier molecular flexibility index (Phi) is 5.91. The number of guanidine groups is 1. The molecule has 1 heterocycles. The minimum atomic E-state index is 0.397. The second-order valence-corrected chi connectivity index (χ2v) is 7.27. The van der Waals surface area contributed by atoms with Crippen LogP contribution in [0.3, 0.4) is 0 Å². The van der Waals surface area contributed by atoms with Crippen LogP contribution in [-0.2, 0) is 0 Å². The highest BCUT2D eigenvalue weighted by Gasteiger charge is 2.30. The van der Waals surface area contributed by atoms with Gasteiger partial charge in [0.15, 0.2) is 5.96 Å². The van der Waals surface area contributed by atoms with Crippen LogP contribution >= 0.6 is 0 Å². The Morgan fingerprint density at radius 1 is 1.35 bits per heavy atom. The van der Waals surface area contributed by atoms with Gasteiger partial charge in [-0.1, -0.05) is 32.9 Å². The Hall–Kier alpha value is -1.71. The van der Waals surface area contributed by atoms with E-state index in [0.29, 0.717) is 11.3 Å². The molecule has 0 bridgehead atoms. The molecule has 128 valence electrons. The number of ether oxygens (including phenoxy) is 1. The molecule has 0 amide bonds. The van der Waals surface area contributed by atoms with E-state index in [1.54, 1.807) is 7.11 Å². The van der Waals surface area contributed by atoms with E-state index in [4.69, 9.17) is 4.74 Å². The van der Waals surface area contributed by atoms with E-state index in [2.05, 4.69) is 48.1 Å². The molecule has 2 rings (SSSR count). The molecule has 1 saturated heterocycles. The second-order valence-electron chi connectivity index (χ2n) is 7.27. The Morgan fingerprint density at radius 3 is 2.57 bits per heavy atom. The maximum atomic E-state index is 5.22. The molecular weight excluding hydrogens is 286 g/mol. The van der Waals surface area contributed by atoms with Crippen molar-refractivity contribution in [1.82, 2.24) is 10.2 Å². The van der Waals surface area contributed by atoms with Crippen molar-refractivity contribution >= 4 is 5.96 Å². The van der Waals surface area contributed by atoms with Gasteiger partial charge in [-0.25, -0.2) is 0 Å². The first-order valence-corrected chi connectivity index (χ1v) is 8.55. The first kappa shape index (κ1) is 17.6. The summed E-state index contributed by atoms with van der Waals surface area (Å²) in [4.78, 5) is 6.82. The van der Waals surface area contributed by atoms with Crippen LogP contribution in [0.4, 0.5) is 0 Å². The largest absolute Gasteiger partial charge is 0.497 e. The number of aliphatic imine (C=N–C) groups is 1. The lowest BCUT2D eigenvalue weighted by molar-refractivity contribution is 0.370. The van der Waals surface area contributed by atoms with Gasteiger partial charge in [0.25, 0.3) is 0 Å². The molecule has 4 nitrogen and oxygen atoms in total. The zero-order valence-electron chi connectivity index (χ0n) is 15.2. The van der Waals surface area contributed by atoms with Crippen molar-refractivity contribution < 1.29 is 4.74 Å². The highest BCUT2D eigenvalue weighted by atomic mass is 16.5. The first-order valence-electron chi connectivity index (χ1n) is 8.55. The molecule has 0 saturated carbocycles. The molecule has 0 radical (unpaired) electrons. The summed E-state index contributed by atoms with van der Waals surface area (Å²) in [5.41, 5.74) is 1.75. The molecule has 1 atom stereocenters. The quantitative estimate of drug-likeness (QED) is 0.667. The van der Waals surface area contributed by atoms with Crippen molar-refractivity contribution in [3.63, 3.8) is 0 Å². The lowest BCUT2D eigenvalue weighted by atomic mass is 9.93. The Balaban J connectivity index is 1.80. The smallest absolute Gasteiger partial charge is 0.193 e. The molecule has 0 spiro atoms. The van der Waals surface area contributed by atoms with E-state index in [1.807, 2.05) is 19.2 Å². The standard InChI is InChI=1S/C19H31N3O/c1-15(16-6-8-17(23-5)9-7-16)10-12-21-18(20-4)22-13-11-19(2,3)14-22/h6-9,15H,10-14H2,1-5H3,(H,20,21).